The highest BCUT2D eigenvalue weighted by Crippen LogP contribution is 2.35. The van der Waals surface area contributed by atoms with Crippen molar-refractivity contribution in [3.8, 4) is 0 Å². The summed E-state index contributed by atoms with van der Waals surface area (Å²) in [5, 5.41) is 14.1. The zero-order valence-corrected chi connectivity index (χ0v) is 18.3. The highest BCUT2D eigenvalue weighted by Gasteiger charge is 2.18. The second kappa shape index (κ2) is 8.94. The van der Waals surface area contributed by atoms with Crippen molar-refractivity contribution in [3.63, 3.8) is 0 Å². The quantitative estimate of drug-likeness (QED) is 0.302. The van der Waals surface area contributed by atoms with Gasteiger partial charge in [-0.25, -0.2) is 4.79 Å². The highest BCUT2D eigenvalue weighted by atomic mass is 35.5. The Morgan fingerprint density at radius 1 is 0.935 bits per heavy atom. The lowest BCUT2D eigenvalue weighted by molar-refractivity contribution is 0.0696. The fourth-order valence-electron chi connectivity index (χ4n) is 3.05. The maximum absolute atomic E-state index is 12.9. The van der Waals surface area contributed by atoms with Gasteiger partial charge in [-0.3, -0.25) is 4.79 Å². The van der Waals surface area contributed by atoms with Gasteiger partial charge in [-0.2, -0.15) is 0 Å². The molecule has 4 aromatic rings. The van der Waals surface area contributed by atoms with Crippen LogP contribution in [0.25, 0.3) is 22.2 Å². The van der Waals surface area contributed by atoms with E-state index in [9.17, 15) is 14.7 Å². The van der Waals surface area contributed by atoms with Crippen LogP contribution in [0, 0.1) is 0 Å². The number of benzene rings is 3. The minimum absolute atomic E-state index is 0.119. The molecular formula is C24H15Cl2NO3S. The number of thiophene rings is 1. The molecule has 4 nitrogen and oxygen atoms in total. The van der Waals surface area contributed by atoms with Crippen molar-refractivity contribution >= 4 is 74.3 Å². The van der Waals surface area contributed by atoms with Gasteiger partial charge in [-0.1, -0.05) is 65.7 Å². The van der Waals surface area contributed by atoms with Crippen molar-refractivity contribution in [2.24, 2.45) is 0 Å². The van der Waals surface area contributed by atoms with Crippen LogP contribution in [0.4, 0.5) is 5.69 Å². The first-order valence-corrected chi connectivity index (χ1v) is 10.8. The van der Waals surface area contributed by atoms with E-state index in [1.54, 1.807) is 24.3 Å². The Morgan fingerprint density at radius 3 is 2.39 bits per heavy atom. The number of rotatable bonds is 5. The molecule has 2 N–H and O–H groups in total. The van der Waals surface area contributed by atoms with Crippen LogP contribution in [0.15, 0.2) is 66.7 Å². The number of hydrogen-bond donors (Lipinski definition) is 2. The van der Waals surface area contributed by atoms with E-state index < -0.39 is 5.97 Å². The zero-order valence-electron chi connectivity index (χ0n) is 15.9. The molecule has 0 atom stereocenters. The van der Waals surface area contributed by atoms with E-state index in [-0.39, 0.29) is 11.5 Å². The van der Waals surface area contributed by atoms with Crippen molar-refractivity contribution in [1.82, 2.24) is 0 Å². The molecule has 7 heteroatoms. The first kappa shape index (κ1) is 21.1. The van der Waals surface area contributed by atoms with E-state index in [1.165, 1.54) is 23.5 Å². The lowest BCUT2D eigenvalue weighted by atomic mass is 10.1. The highest BCUT2D eigenvalue weighted by molar-refractivity contribution is 7.21. The average Bonchev–Trinajstić information content (AvgIpc) is 3.11. The number of anilines is 1. The normalized spacial score (nSPS) is 11.2. The van der Waals surface area contributed by atoms with Gasteiger partial charge in [0.25, 0.3) is 5.91 Å². The van der Waals surface area contributed by atoms with E-state index in [2.05, 4.69) is 5.32 Å². The van der Waals surface area contributed by atoms with E-state index in [0.717, 1.165) is 15.6 Å². The van der Waals surface area contributed by atoms with Crippen LogP contribution < -0.4 is 5.32 Å². The first-order chi connectivity index (χ1) is 14.9. The van der Waals surface area contributed by atoms with Gasteiger partial charge < -0.3 is 10.4 Å². The summed E-state index contributed by atoms with van der Waals surface area (Å²) >= 11 is 13.7. The molecule has 0 saturated carbocycles. The molecule has 0 unspecified atom stereocenters. The van der Waals surface area contributed by atoms with Crippen LogP contribution in [-0.4, -0.2) is 17.0 Å². The Bertz CT molecular complexity index is 1330. The number of fused-ring (bicyclic) bond motifs is 1. The molecule has 0 aliphatic carbocycles. The van der Waals surface area contributed by atoms with E-state index in [1.807, 2.05) is 42.5 Å². The molecule has 0 aliphatic rings. The number of hydrogen-bond acceptors (Lipinski definition) is 3. The Balaban J connectivity index is 1.68. The Labute approximate surface area is 192 Å². The summed E-state index contributed by atoms with van der Waals surface area (Å²) in [5.41, 5.74) is 2.04. The molecular weight excluding hydrogens is 453 g/mol. The second-order valence-electron chi connectivity index (χ2n) is 6.69. The smallest absolute Gasteiger partial charge is 0.335 e. The SMILES string of the molecule is O=C(O)c1ccc(NC(=O)c2sc3ccccc3c2Cl)c(C=Cc2ccc(Cl)cc2)c1. The van der Waals surface area contributed by atoms with Crippen LogP contribution in [0.3, 0.4) is 0 Å². The molecule has 0 bridgehead atoms. The topological polar surface area (TPSA) is 66.4 Å². The number of carbonyl (C=O) groups is 2. The molecule has 0 radical (unpaired) electrons. The van der Waals surface area contributed by atoms with E-state index in [0.29, 0.717) is 26.2 Å². The lowest BCUT2D eigenvalue weighted by Crippen LogP contribution is -2.12. The van der Waals surface area contributed by atoms with Crippen molar-refractivity contribution in [2.45, 2.75) is 0 Å². The molecule has 0 saturated heterocycles. The third-order valence-electron chi connectivity index (χ3n) is 4.61. The minimum atomic E-state index is -1.05. The maximum atomic E-state index is 12.9. The fourth-order valence-corrected chi connectivity index (χ4v) is 4.58. The van der Waals surface area contributed by atoms with Crippen molar-refractivity contribution < 1.29 is 14.7 Å². The molecule has 1 heterocycles. The minimum Gasteiger partial charge on any atom is -0.478 e. The first-order valence-electron chi connectivity index (χ1n) is 9.22. The van der Waals surface area contributed by atoms with Gasteiger partial charge in [0.1, 0.15) is 4.88 Å². The zero-order chi connectivity index (χ0) is 22.0. The predicted octanol–water partition coefficient (Wildman–Crippen LogP) is 7.33. The number of carbonyl (C=O) groups excluding carboxylic acids is 1. The number of carboxylic acid groups (broad SMARTS) is 1. The molecule has 1 aromatic heterocycles. The molecule has 4 rings (SSSR count). The largest absolute Gasteiger partial charge is 0.478 e. The number of carboxylic acids is 1. The third kappa shape index (κ3) is 4.64. The van der Waals surface area contributed by atoms with Crippen molar-refractivity contribution in [1.29, 1.82) is 0 Å². The van der Waals surface area contributed by atoms with Gasteiger partial charge >= 0.3 is 5.97 Å². The van der Waals surface area contributed by atoms with E-state index >= 15 is 0 Å². The summed E-state index contributed by atoms with van der Waals surface area (Å²) in [7, 11) is 0. The van der Waals surface area contributed by atoms with Gasteiger partial charge in [0.2, 0.25) is 0 Å². The van der Waals surface area contributed by atoms with Gasteiger partial charge in [0, 0.05) is 20.8 Å². The van der Waals surface area contributed by atoms with Gasteiger partial charge in [-0.05, 0) is 47.5 Å². The predicted molar refractivity (Wildman–Crippen MR) is 129 cm³/mol. The Morgan fingerprint density at radius 2 is 1.68 bits per heavy atom. The molecule has 0 fully saturated rings. The number of aromatic carboxylic acids is 1. The number of nitrogens with one attached hydrogen (secondary N) is 1. The standard InChI is InChI=1S/C24H15Cl2NO3S/c25-17-10-6-14(7-11-17)5-8-15-13-16(24(29)30)9-12-19(15)27-23(28)22-21(26)18-3-1-2-4-20(18)31-22/h1-13H,(H,27,28)(H,29,30). The monoisotopic (exact) mass is 467 g/mol. The lowest BCUT2D eigenvalue weighted by Gasteiger charge is -2.09. The third-order valence-corrected chi connectivity index (χ3v) is 6.54. The van der Waals surface area contributed by atoms with Gasteiger partial charge in [-0.15, -0.1) is 11.3 Å². The van der Waals surface area contributed by atoms with Gasteiger partial charge in [0.05, 0.1) is 10.6 Å². The van der Waals surface area contributed by atoms with Crippen LogP contribution in [0.1, 0.15) is 31.2 Å². The average molecular weight is 468 g/mol. The fraction of sp³-hybridized carbons (Fsp3) is 0. The summed E-state index contributed by atoms with van der Waals surface area (Å²) < 4.78 is 0.918. The van der Waals surface area contributed by atoms with Crippen molar-refractivity contribution in [2.75, 3.05) is 5.32 Å². The molecule has 154 valence electrons. The second-order valence-corrected chi connectivity index (χ2v) is 8.55. The van der Waals surface area contributed by atoms with Gasteiger partial charge in [0.15, 0.2) is 0 Å². The maximum Gasteiger partial charge on any atom is 0.335 e. The summed E-state index contributed by atoms with van der Waals surface area (Å²) in [6.07, 6.45) is 3.57. The summed E-state index contributed by atoms with van der Waals surface area (Å²) in [5.74, 6) is -1.40. The molecule has 1 amide bonds. The Hall–Kier alpha value is -3.12. The van der Waals surface area contributed by atoms with Crippen molar-refractivity contribution in [3.05, 3.63) is 98.3 Å². The molecule has 31 heavy (non-hydrogen) atoms. The molecule has 0 aliphatic heterocycles. The van der Waals surface area contributed by atoms with E-state index in [4.69, 9.17) is 23.2 Å². The Kier molecular flexibility index (Phi) is 6.09. The van der Waals surface area contributed by atoms with Crippen LogP contribution in [0.5, 0.6) is 0 Å². The number of halogens is 2. The summed E-state index contributed by atoms with van der Waals surface area (Å²) in [6, 6.07) is 19.3. The molecule has 0 spiro atoms. The molecule has 3 aromatic carbocycles. The van der Waals surface area contributed by atoms with Crippen LogP contribution >= 0.6 is 34.5 Å². The van der Waals surface area contributed by atoms with Crippen LogP contribution in [-0.2, 0) is 0 Å². The summed E-state index contributed by atoms with van der Waals surface area (Å²) in [6.45, 7) is 0. The van der Waals surface area contributed by atoms with Crippen LogP contribution in [0.2, 0.25) is 10.0 Å². The number of amides is 1. The summed E-state index contributed by atoms with van der Waals surface area (Å²) in [4.78, 5) is 24.8.